The third-order valence-corrected chi connectivity index (χ3v) is 2.87. The molecular weight excluding hydrogens is 238 g/mol. The Labute approximate surface area is 104 Å². The van der Waals surface area contributed by atoms with Gasteiger partial charge in [0.1, 0.15) is 0 Å². The first kappa shape index (κ1) is 11.7. The van der Waals surface area contributed by atoms with E-state index in [1.54, 1.807) is 18.3 Å². The summed E-state index contributed by atoms with van der Waals surface area (Å²) >= 11 is 5.90. The van der Waals surface area contributed by atoms with Crippen LogP contribution in [-0.2, 0) is 6.54 Å². The second-order valence-electron chi connectivity index (χ2n) is 3.59. The van der Waals surface area contributed by atoms with Crippen molar-refractivity contribution in [1.82, 2.24) is 9.78 Å². The van der Waals surface area contributed by atoms with E-state index in [0.717, 1.165) is 17.8 Å². The fraction of sp³-hybridized carbons (Fsp3) is 0.167. The molecule has 1 amide bonds. The zero-order valence-electron chi connectivity index (χ0n) is 9.35. The van der Waals surface area contributed by atoms with E-state index < -0.39 is 5.91 Å². The third kappa shape index (κ3) is 2.17. The highest BCUT2D eigenvalue weighted by Gasteiger charge is 2.10. The Morgan fingerprint density at radius 3 is 2.88 bits per heavy atom. The Morgan fingerprint density at radius 2 is 2.24 bits per heavy atom. The summed E-state index contributed by atoms with van der Waals surface area (Å²) in [6.07, 6.45) is 1.72. The van der Waals surface area contributed by atoms with Gasteiger partial charge in [0.05, 0.1) is 16.3 Å². The van der Waals surface area contributed by atoms with E-state index >= 15 is 0 Å². The Hall–Kier alpha value is -1.81. The van der Waals surface area contributed by atoms with E-state index in [1.165, 1.54) is 0 Å². The molecule has 2 N–H and O–H groups in total. The van der Waals surface area contributed by atoms with Gasteiger partial charge in [-0.1, -0.05) is 17.7 Å². The van der Waals surface area contributed by atoms with E-state index in [-0.39, 0.29) is 0 Å². The molecule has 0 unspecified atom stereocenters. The number of carbonyl (C=O) groups is 1. The summed E-state index contributed by atoms with van der Waals surface area (Å²) in [6.45, 7) is 2.76. The van der Waals surface area contributed by atoms with Gasteiger partial charge in [-0.25, -0.2) is 0 Å². The number of primary amides is 1. The van der Waals surface area contributed by atoms with Crippen LogP contribution in [-0.4, -0.2) is 15.7 Å². The topological polar surface area (TPSA) is 60.9 Å². The van der Waals surface area contributed by atoms with Crippen molar-refractivity contribution in [3.8, 4) is 11.3 Å². The molecule has 0 fully saturated rings. The predicted molar refractivity (Wildman–Crippen MR) is 66.9 cm³/mol. The summed E-state index contributed by atoms with van der Waals surface area (Å²) in [6, 6.07) is 7.09. The van der Waals surface area contributed by atoms with Crippen LogP contribution in [0, 0.1) is 0 Å². The van der Waals surface area contributed by atoms with E-state index in [2.05, 4.69) is 5.10 Å². The van der Waals surface area contributed by atoms with Crippen LogP contribution < -0.4 is 5.73 Å². The Balaban J connectivity index is 2.54. The number of halogens is 1. The monoisotopic (exact) mass is 249 g/mol. The van der Waals surface area contributed by atoms with Crippen molar-refractivity contribution in [2.75, 3.05) is 0 Å². The average molecular weight is 250 g/mol. The SMILES string of the molecule is CCn1nccc1-c1ccc(Cl)c(C(N)=O)c1. The van der Waals surface area contributed by atoms with Crippen LogP contribution in [0.2, 0.25) is 5.02 Å². The van der Waals surface area contributed by atoms with Crippen molar-refractivity contribution in [2.45, 2.75) is 13.5 Å². The molecule has 17 heavy (non-hydrogen) atoms. The second-order valence-corrected chi connectivity index (χ2v) is 4.00. The van der Waals surface area contributed by atoms with Gasteiger partial charge >= 0.3 is 0 Å². The fourth-order valence-corrected chi connectivity index (χ4v) is 1.91. The number of rotatable bonds is 3. The first-order valence-electron chi connectivity index (χ1n) is 5.25. The molecule has 2 aromatic rings. The second kappa shape index (κ2) is 4.59. The number of amides is 1. The van der Waals surface area contributed by atoms with Crippen molar-refractivity contribution in [1.29, 1.82) is 0 Å². The molecule has 4 nitrogen and oxygen atoms in total. The molecule has 0 aliphatic rings. The lowest BCUT2D eigenvalue weighted by Crippen LogP contribution is -2.11. The lowest BCUT2D eigenvalue weighted by Gasteiger charge is -2.07. The van der Waals surface area contributed by atoms with Crippen LogP contribution in [0.4, 0.5) is 0 Å². The number of benzene rings is 1. The Morgan fingerprint density at radius 1 is 1.47 bits per heavy atom. The van der Waals surface area contributed by atoms with Crippen LogP contribution in [0.3, 0.4) is 0 Å². The molecule has 1 aromatic heterocycles. The van der Waals surface area contributed by atoms with Gasteiger partial charge in [-0.05, 0) is 25.1 Å². The number of nitrogens with two attached hydrogens (primary N) is 1. The van der Waals surface area contributed by atoms with E-state index in [1.807, 2.05) is 23.7 Å². The number of aryl methyl sites for hydroxylation is 1. The molecule has 5 heteroatoms. The summed E-state index contributed by atoms with van der Waals surface area (Å²) in [7, 11) is 0. The molecule has 0 atom stereocenters. The van der Waals surface area contributed by atoms with Gasteiger partial charge < -0.3 is 5.73 Å². The van der Waals surface area contributed by atoms with Gasteiger partial charge in [0.25, 0.3) is 0 Å². The smallest absolute Gasteiger partial charge is 0.250 e. The summed E-state index contributed by atoms with van der Waals surface area (Å²) < 4.78 is 1.84. The van der Waals surface area contributed by atoms with Crippen molar-refractivity contribution in [2.24, 2.45) is 5.73 Å². The first-order valence-corrected chi connectivity index (χ1v) is 5.62. The number of hydrogen-bond acceptors (Lipinski definition) is 2. The van der Waals surface area contributed by atoms with Gasteiger partial charge in [-0.2, -0.15) is 5.10 Å². The van der Waals surface area contributed by atoms with E-state index in [9.17, 15) is 4.79 Å². The molecule has 0 spiro atoms. The molecule has 0 saturated heterocycles. The summed E-state index contributed by atoms with van der Waals surface area (Å²) in [5.74, 6) is -0.528. The van der Waals surface area contributed by atoms with E-state index in [0.29, 0.717) is 10.6 Å². The minimum atomic E-state index is -0.528. The quantitative estimate of drug-likeness (QED) is 0.908. The number of hydrogen-bond donors (Lipinski definition) is 1. The molecule has 0 radical (unpaired) electrons. The standard InChI is InChI=1S/C12H12ClN3O/c1-2-16-11(5-6-15-16)8-3-4-10(13)9(7-8)12(14)17/h3-7H,2H2,1H3,(H2,14,17). The Bertz CT molecular complexity index is 563. The lowest BCUT2D eigenvalue weighted by molar-refractivity contribution is 0.100. The van der Waals surface area contributed by atoms with Crippen molar-refractivity contribution in [3.63, 3.8) is 0 Å². The molecular formula is C12H12ClN3O. The van der Waals surface area contributed by atoms with Gasteiger partial charge in [-0.3, -0.25) is 9.48 Å². The molecule has 0 aliphatic heterocycles. The molecule has 0 aliphatic carbocycles. The Kier molecular flexibility index (Phi) is 3.15. The maximum Gasteiger partial charge on any atom is 0.250 e. The molecule has 2 rings (SSSR count). The maximum absolute atomic E-state index is 11.2. The first-order chi connectivity index (χ1) is 8.13. The van der Waals surface area contributed by atoms with E-state index in [4.69, 9.17) is 17.3 Å². The van der Waals surface area contributed by atoms with Crippen molar-refractivity contribution >= 4 is 17.5 Å². The summed E-state index contributed by atoms with van der Waals surface area (Å²) in [4.78, 5) is 11.2. The molecule has 1 aromatic carbocycles. The third-order valence-electron chi connectivity index (χ3n) is 2.54. The van der Waals surface area contributed by atoms with Crippen LogP contribution in [0.15, 0.2) is 30.5 Å². The van der Waals surface area contributed by atoms with Crippen LogP contribution >= 0.6 is 11.6 Å². The maximum atomic E-state index is 11.2. The highest BCUT2D eigenvalue weighted by atomic mass is 35.5. The van der Waals surface area contributed by atoms with Gasteiger partial charge in [0.2, 0.25) is 5.91 Å². The number of nitrogens with zero attached hydrogens (tertiary/aromatic N) is 2. The lowest BCUT2D eigenvalue weighted by atomic mass is 10.1. The number of carbonyl (C=O) groups excluding carboxylic acids is 1. The summed E-state index contributed by atoms with van der Waals surface area (Å²) in [5, 5.41) is 4.54. The van der Waals surface area contributed by atoms with Crippen molar-refractivity contribution < 1.29 is 4.79 Å². The zero-order valence-corrected chi connectivity index (χ0v) is 10.1. The van der Waals surface area contributed by atoms with Gasteiger partial charge in [0.15, 0.2) is 0 Å². The van der Waals surface area contributed by atoms with Crippen LogP contribution in [0.5, 0.6) is 0 Å². The summed E-state index contributed by atoms with van der Waals surface area (Å²) in [5.41, 5.74) is 7.40. The predicted octanol–water partition coefficient (Wildman–Crippen LogP) is 2.32. The molecule has 88 valence electrons. The fourth-order valence-electron chi connectivity index (χ4n) is 1.70. The minimum Gasteiger partial charge on any atom is -0.366 e. The molecule has 0 bridgehead atoms. The van der Waals surface area contributed by atoms with Crippen LogP contribution in [0.1, 0.15) is 17.3 Å². The van der Waals surface area contributed by atoms with Gasteiger partial charge in [-0.15, -0.1) is 0 Å². The molecule has 1 heterocycles. The molecule has 0 saturated carbocycles. The minimum absolute atomic E-state index is 0.327. The van der Waals surface area contributed by atoms with Gasteiger partial charge in [0, 0.05) is 18.3 Å². The largest absolute Gasteiger partial charge is 0.366 e. The average Bonchev–Trinajstić information content (AvgIpc) is 2.77. The highest BCUT2D eigenvalue weighted by molar-refractivity contribution is 6.33. The zero-order chi connectivity index (χ0) is 12.4. The number of aromatic nitrogens is 2. The van der Waals surface area contributed by atoms with Crippen LogP contribution in [0.25, 0.3) is 11.3 Å². The highest BCUT2D eigenvalue weighted by Crippen LogP contribution is 2.24. The van der Waals surface area contributed by atoms with Crippen molar-refractivity contribution in [3.05, 3.63) is 41.0 Å². The normalized spacial score (nSPS) is 10.5.